The summed E-state index contributed by atoms with van der Waals surface area (Å²) in [6, 6.07) is 11.9. The van der Waals surface area contributed by atoms with Gasteiger partial charge in [0.05, 0.1) is 6.04 Å². The molecule has 9 nitrogen and oxygen atoms in total. The molecule has 9 heteroatoms. The molecule has 3 rings (SSSR count). The molecule has 2 amide bonds. The third kappa shape index (κ3) is 5.83. The summed E-state index contributed by atoms with van der Waals surface area (Å²) in [4.78, 5) is 39.2. The molecule has 0 saturated heterocycles. The number of carbonyl (C=O) groups is 3. The monoisotopic (exact) mass is 424 g/mol. The van der Waals surface area contributed by atoms with E-state index in [1.807, 2.05) is 24.3 Å². The highest BCUT2D eigenvalue weighted by molar-refractivity contribution is 5.92. The van der Waals surface area contributed by atoms with Gasteiger partial charge >= 0.3 is 5.97 Å². The van der Waals surface area contributed by atoms with Crippen molar-refractivity contribution < 1.29 is 24.6 Å². The van der Waals surface area contributed by atoms with E-state index >= 15 is 0 Å². The maximum atomic E-state index is 12.7. The molecular formula is C22H24N4O5. The maximum Gasteiger partial charge on any atom is 0.322 e. The molecule has 1 aromatic heterocycles. The molecule has 31 heavy (non-hydrogen) atoms. The molecule has 162 valence electrons. The van der Waals surface area contributed by atoms with E-state index in [4.69, 9.17) is 10.8 Å². The minimum atomic E-state index is -1.19. The number of aromatic nitrogens is 1. The van der Waals surface area contributed by atoms with Gasteiger partial charge in [-0.2, -0.15) is 0 Å². The number of H-pyrrole nitrogens is 1. The van der Waals surface area contributed by atoms with Crippen molar-refractivity contribution in [1.82, 2.24) is 15.6 Å². The van der Waals surface area contributed by atoms with Crippen molar-refractivity contribution in [3.63, 3.8) is 0 Å². The summed E-state index contributed by atoms with van der Waals surface area (Å²) in [7, 11) is 0. The third-order valence-electron chi connectivity index (χ3n) is 4.87. The van der Waals surface area contributed by atoms with Crippen molar-refractivity contribution in [2.75, 3.05) is 6.54 Å². The Morgan fingerprint density at radius 3 is 2.42 bits per heavy atom. The maximum absolute atomic E-state index is 12.7. The topological polar surface area (TPSA) is 158 Å². The lowest BCUT2D eigenvalue weighted by Crippen LogP contribution is -2.53. The van der Waals surface area contributed by atoms with Crippen LogP contribution in [0, 0.1) is 0 Å². The van der Waals surface area contributed by atoms with Gasteiger partial charge in [0.25, 0.3) is 0 Å². The summed E-state index contributed by atoms with van der Waals surface area (Å²) < 4.78 is 0. The predicted molar refractivity (Wildman–Crippen MR) is 114 cm³/mol. The summed E-state index contributed by atoms with van der Waals surface area (Å²) >= 11 is 0. The van der Waals surface area contributed by atoms with Crippen molar-refractivity contribution in [2.24, 2.45) is 5.73 Å². The van der Waals surface area contributed by atoms with Crippen LogP contribution in [-0.2, 0) is 27.2 Å². The van der Waals surface area contributed by atoms with Crippen molar-refractivity contribution in [1.29, 1.82) is 0 Å². The number of aliphatic carboxylic acids is 1. The Labute approximate surface area is 178 Å². The lowest BCUT2D eigenvalue weighted by Gasteiger charge is -2.20. The number of nitrogens with one attached hydrogen (secondary N) is 3. The molecule has 0 aliphatic rings. The molecular weight excluding hydrogens is 400 g/mol. The molecule has 7 N–H and O–H groups in total. The lowest BCUT2D eigenvalue weighted by molar-refractivity contribution is -0.138. The number of carboxylic acids is 1. The highest BCUT2D eigenvalue weighted by Gasteiger charge is 2.25. The van der Waals surface area contributed by atoms with Crippen LogP contribution in [0.4, 0.5) is 0 Å². The summed E-state index contributed by atoms with van der Waals surface area (Å²) in [5.74, 6) is -2.23. The van der Waals surface area contributed by atoms with Crippen LogP contribution in [0.15, 0.2) is 54.7 Å². The first-order valence-corrected chi connectivity index (χ1v) is 9.72. The number of hydrogen-bond acceptors (Lipinski definition) is 5. The molecule has 0 saturated carbocycles. The van der Waals surface area contributed by atoms with Gasteiger partial charge in [-0.1, -0.05) is 30.3 Å². The second-order valence-electron chi connectivity index (χ2n) is 7.21. The van der Waals surface area contributed by atoms with E-state index in [1.165, 1.54) is 12.1 Å². The number of carboxylic acid groups (broad SMARTS) is 1. The molecule has 3 aromatic rings. The zero-order valence-electron chi connectivity index (χ0n) is 16.7. The van der Waals surface area contributed by atoms with Crippen molar-refractivity contribution in [3.05, 3.63) is 65.9 Å². The minimum absolute atomic E-state index is 0.107. The van der Waals surface area contributed by atoms with Gasteiger partial charge in [0.2, 0.25) is 11.8 Å². The Morgan fingerprint density at radius 1 is 1.00 bits per heavy atom. The Hall–Kier alpha value is -3.85. The average Bonchev–Trinajstić information content (AvgIpc) is 3.16. The van der Waals surface area contributed by atoms with E-state index in [-0.39, 0.29) is 18.6 Å². The lowest BCUT2D eigenvalue weighted by atomic mass is 10.0. The Balaban J connectivity index is 1.73. The highest BCUT2D eigenvalue weighted by Crippen LogP contribution is 2.19. The van der Waals surface area contributed by atoms with Crippen LogP contribution < -0.4 is 16.4 Å². The number of rotatable bonds is 9. The number of para-hydroxylation sites is 1. The quantitative estimate of drug-likeness (QED) is 0.296. The molecule has 0 aliphatic heterocycles. The van der Waals surface area contributed by atoms with E-state index in [9.17, 15) is 19.5 Å². The Kier molecular flexibility index (Phi) is 6.88. The van der Waals surface area contributed by atoms with Gasteiger partial charge in [0, 0.05) is 23.5 Å². The van der Waals surface area contributed by atoms with Crippen molar-refractivity contribution in [2.45, 2.75) is 24.9 Å². The number of carbonyl (C=O) groups excluding carboxylic acids is 2. The van der Waals surface area contributed by atoms with Gasteiger partial charge < -0.3 is 31.6 Å². The van der Waals surface area contributed by atoms with Gasteiger partial charge in [-0.05, 0) is 35.7 Å². The van der Waals surface area contributed by atoms with Crippen LogP contribution in [0.2, 0.25) is 0 Å². The summed E-state index contributed by atoms with van der Waals surface area (Å²) in [6.07, 6.45) is 2.13. The highest BCUT2D eigenvalue weighted by atomic mass is 16.4. The van der Waals surface area contributed by atoms with E-state index in [2.05, 4.69) is 15.6 Å². The Morgan fingerprint density at radius 2 is 1.71 bits per heavy atom. The molecule has 0 spiro atoms. The molecule has 0 aliphatic carbocycles. The number of nitrogens with two attached hydrogens (primary N) is 1. The van der Waals surface area contributed by atoms with Crippen LogP contribution in [0.1, 0.15) is 11.1 Å². The second kappa shape index (κ2) is 9.77. The molecule has 2 atom stereocenters. The first-order chi connectivity index (χ1) is 14.8. The van der Waals surface area contributed by atoms with Gasteiger partial charge in [-0.15, -0.1) is 0 Å². The molecule has 0 fully saturated rings. The number of phenols is 1. The fourth-order valence-corrected chi connectivity index (χ4v) is 3.27. The largest absolute Gasteiger partial charge is 0.508 e. The first-order valence-electron chi connectivity index (χ1n) is 9.72. The zero-order chi connectivity index (χ0) is 22.4. The molecule has 0 unspecified atom stereocenters. The molecule has 0 radical (unpaired) electrons. The average molecular weight is 424 g/mol. The number of fused-ring (bicyclic) bond motifs is 1. The number of aromatic amines is 1. The van der Waals surface area contributed by atoms with Crippen molar-refractivity contribution in [3.8, 4) is 5.75 Å². The second-order valence-corrected chi connectivity index (χ2v) is 7.21. The standard InChI is InChI=1S/C22H24N4O5/c23-17(9-13-5-7-15(27)8-6-13)21(30)26-19(22(31)25-12-20(28)29)10-14-11-24-18-4-2-1-3-16(14)18/h1-8,11,17,19,24,27H,9-10,12,23H2,(H,25,31)(H,26,30)(H,28,29)/t17-,19-/m0/s1. The van der Waals surface area contributed by atoms with Gasteiger partial charge in [-0.3, -0.25) is 14.4 Å². The zero-order valence-corrected chi connectivity index (χ0v) is 16.7. The van der Waals surface area contributed by atoms with Crippen LogP contribution >= 0.6 is 0 Å². The van der Waals surface area contributed by atoms with E-state index in [0.29, 0.717) is 0 Å². The molecule has 1 heterocycles. The van der Waals surface area contributed by atoms with E-state index < -0.39 is 36.4 Å². The van der Waals surface area contributed by atoms with Crippen LogP contribution in [0.5, 0.6) is 5.75 Å². The first kappa shape index (κ1) is 21.8. The number of hydrogen-bond donors (Lipinski definition) is 6. The molecule has 0 bridgehead atoms. The van der Waals surface area contributed by atoms with E-state index in [1.54, 1.807) is 18.3 Å². The van der Waals surface area contributed by atoms with Crippen LogP contribution in [0.25, 0.3) is 10.9 Å². The SMILES string of the molecule is N[C@@H](Cc1ccc(O)cc1)C(=O)N[C@@H](Cc1c[nH]c2ccccc12)C(=O)NCC(=O)O. The minimum Gasteiger partial charge on any atom is -0.508 e. The number of aromatic hydroxyl groups is 1. The van der Waals surface area contributed by atoms with Gasteiger partial charge in [-0.25, -0.2) is 0 Å². The summed E-state index contributed by atoms with van der Waals surface area (Å²) in [5, 5.41) is 24.1. The van der Waals surface area contributed by atoms with E-state index in [0.717, 1.165) is 22.0 Å². The van der Waals surface area contributed by atoms with Crippen LogP contribution in [0.3, 0.4) is 0 Å². The van der Waals surface area contributed by atoms with Gasteiger partial charge in [0.15, 0.2) is 0 Å². The van der Waals surface area contributed by atoms with Crippen LogP contribution in [-0.4, -0.2) is 51.6 Å². The smallest absolute Gasteiger partial charge is 0.322 e. The number of amides is 2. The van der Waals surface area contributed by atoms with Crippen molar-refractivity contribution >= 4 is 28.7 Å². The number of phenolic OH excluding ortho intramolecular Hbond substituents is 1. The third-order valence-corrected chi connectivity index (χ3v) is 4.87. The van der Waals surface area contributed by atoms with Gasteiger partial charge in [0.1, 0.15) is 18.3 Å². The molecule has 2 aromatic carbocycles. The fourth-order valence-electron chi connectivity index (χ4n) is 3.27. The fraction of sp³-hybridized carbons (Fsp3) is 0.227. The summed E-state index contributed by atoms with van der Waals surface area (Å²) in [5.41, 5.74) is 8.46. The predicted octanol–water partition coefficient (Wildman–Crippen LogP) is 0.672. The number of benzene rings is 2. The Bertz CT molecular complexity index is 1080. The normalized spacial score (nSPS) is 12.8. The summed E-state index contributed by atoms with van der Waals surface area (Å²) in [6.45, 7) is -0.557.